The van der Waals surface area contributed by atoms with Crippen LogP contribution in [0.15, 0.2) is 158 Å². The molecule has 1 atom stereocenters. The van der Waals surface area contributed by atoms with E-state index in [1.54, 1.807) is 0 Å². The van der Waals surface area contributed by atoms with Crippen molar-refractivity contribution in [3.63, 3.8) is 0 Å². The Kier molecular flexibility index (Phi) is 7.75. The summed E-state index contributed by atoms with van der Waals surface area (Å²) in [5, 5.41) is 4.78. The third kappa shape index (κ3) is 5.48. The number of hydrogen-bond acceptors (Lipinski definition) is 3. The van der Waals surface area contributed by atoms with E-state index in [1.165, 1.54) is 62.2 Å². The summed E-state index contributed by atoms with van der Waals surface area (Å²) in [4.78, 5) is 15.6. The Morgan fingerprint density at radius 3 is 1.90 bits per heavy atom. The molecule has 6 aromatic carbocycles. The van der Waals surface area contributed by atoms with Gasteiger partial charge in [-0.2, -0.15) is 9.97 Å². The number of para-hydroxylation sites is 2. The van der Waals surface area contributed by atoms with Crippen molar-refractivity contribution in [3.8, 4) is 34.2 Å². The quantitative estimate of drug-likeness (QED) is 0.176. The van der Waals surface area contributed by atoms with Crippen molar-refractivity contribution in [2.24, 2.45) is 0 Å². The molecule has 1 unspecified atom stereocenters. The Morgan fingerprint density at radius 2 is 1.16 bits per heavy atom. The third-order valence-electron chi connectivity index (χ3n) is 12.9. The van der Waals surface area contributed by atoms with Crippen molar-refractivity contribution >= 4 is 43.6 Å². The molecule has 0 fully saturated rings. The fraction of sp³-hybridized carbons (Fsp3) is 0.189. The first-order valence-electron chi connectivity index (χ1n) is 20.6. The highest BCUT2D eigenvalue weighted by Crippen LogP contribution is 2.47. The molecule has 2 aliphatic carbocycles. The van der Waals surface area contributed by atoms with Gasteiger partial charge >= 0.3 is 0 Å². The second kappa shape index (κ2) is 13.0. The molecule has 3 heterocycles. The molecule has 0 bridgehead atoms. The number of aromatic nitrogens is 5. The van der Waals surface area contributed by atoms with Crippen molar-refractivity contribution in [2.45, 2.75) is 63.7 Å². The predicted molar refractivity (Wildman–Crippen MR) is 240 cm³/mol. The molecule has 0 saturated heterocycles. The van der Waals surface area contributed by atoms with Crippen LogP contribution in [-0.2, 0) is 10.8 Å². The summed E-state index contributed by atoms with van der Waals surface area (Å²) in [6, 6.07) is 48.7. The maximum absolute atomic E-state index is 5.27. The SMILES string of the molecule is CC1(C)CCC(C)(C)c2cc(-c3cccc(-n4c5ccccc5c5cc6c7ccccc7n(-c7nc(-c8ccccc8)nc(C8C=CC=CC8)n7)c6cc54)c3)ccc21. The van der Waals surface area contributed by atoms with Crippen LogP contribution in [0.1, 0.15) is 69.8 Å². The zero-order valence-corrected chi connectivity index (χ0v) is 33.4. The first kappa shape index (κ1) is 34.6. The van der Waals surface area contributed by atoms with Crippen LogP contribution in [0.25, 0.3) is 77.8 Å². The van der Waals surface area contributed by atoms with Crippen molar-refractivity contribution < 1.29 is 0 Å². The van der Waals surface area contributed by atoms with E-state index in [1.807, 2.05) is 18.2 Å². The highest BCUT2D eigenvalue weighted by atomic mass is 15.2. The van der Waals surface area contributed by atoms with Crippen molar-refractivity contribution in [3.05, 3.63) is 175 Å². The molecule has 0 saturated carbocycles. The Labute approximate surface area is 339 Å². The predicted octanol–water partition coefficient (Wildman–Crippen LogP) is 13.3. The molecule has 282 valence electrons. The van der Waals surface area contributed by atoms with Crippen LogP contribution in [0.4, 0.5) is 0 Å². The van der Waals surface area contributed by atoms with Gasteiger partial charge in [-0.3, -0.25) is 4.57 Å². The van der Waals surface area contributed by atoms with Crippen LogP contribution >= 0.6 is 0 Å². The van der Waals surface area contributed by atoms with E-state index in [4.69, 9.17) is 15.0 Å². The molecule has 2 aliphatic rings. The van der Waals surface area contributed by atoms with E-state index < -0.39 is 0 Å². The molecular formula is C53H45N5. The lowest BCUT2D eigenvalue weighted by Gasteiger charge is -2.42. The summed E-state index contributed by atoms with van der Waals surface area (Å²) >= 11 is 0. The smallest absolute Gasteiger partial charge is 0.238 e. The zero-order chi connectivity index (χ0) is 39.2. The van der Waals surface area contributed by atoms with Gasteiger partial charge in [-0.05, 0) is 88.7 Å². The Hall–Kier alpha value is -6.59. The lowest BCUT2D eigenvalue weighted by molar-refractivity contribution is 0.332. The van der Waals surface area contributed by atoms with Gasteiger partial charge in [0.25, 0.3) is 0 Å². The molecule has 11 rings (SSSR count). The molecule has 9 aromatic rings. The van der Waals surface area contributed by atoms with Crippen molar-refractivity contribution in [1.29, 1.82) is 0 Å². The average molecular weight is 752 g/mol. The Morgan fingerprint density at radius 1 is 0.500 bits per heavy atom. The minimum Gasteiger partial charge on any atom is -0.309 e. The lowest BCUT2D eigenvalue weighted by Crippen LogP contribution is -2.33. The summed E-state index contributed by atoms with van der Waals surface area (Å²) in [6.07, 6.45) is 11.8. The number of fused-ring (bicyclic) bond motifs is 7. The molecule has 0 aliphatic heterocycles. The molecule has 3 aromatic heterocycles. The molecule has 0 amide bonds. The monoisotopic (exact) mass is 751 g/mol. The number of hydrogen-bond donors (Lipinski definition) is 0. The van der Waals surface area contributed by atoms with Gasteiger partial charge < -0.3 is 4.57 Å². The second-order valence-corrected chi connectivity index (χ2v) is 17.5. The first-order chi connectivity index (χ1) is 28.2. The van der Waals surface area contributed by atoms with E-state index in [0.29, 0.717) is 11.8 Å². The standard InChI is InChI=1S/C53H45N5/c1-52(2)28-29-53(3,4)44-31-37(26-27-43(44)52)36-20-15-21-38(30-36)57-45-24-13-11-22-39(45)41-32-42-40-23-12-14-25-46(40)58(48(42)33-47(41)57)51-55-49(34-16-7-5-8-17-34)54-50(56-51)35-18-9-6-10-19-35/h5-18,20-27,30-33,35H,19,28-29H2,1-4H3. The van der Waals surface area contributed by atoms with Crippen LogP contribution in [-0.4, -0.2) is 24.1 Å². The minimum absolute atomic E-state index is 0.0662. The topological polar surface area (TPSA) is 48.5 Å². The third-order valence-corrected chi connectivity index (χ3v) is 12.9. The fourth-order valence-electron chi connectivity index (χ4n) is 9.65. The Balaban J connectivity index is 1.15. The van der Waals surface area contributed by atoms with E-state index in [0.717, 1.165) is 40.0 Å². The van der Waals surface area contributed by atoms with Gasteiger partial charge in [-0.15, -0.1) is 0 Å². The highest BCUT2D eigenvalue weighted by molar-refractivity contribution is 6.19. The summed E-state index contributed by atoms with van der Waals surface area (Å²) < 4.78 is 4.69. The first-order valence-corrected chi connectivity index (χ1v) is 20.6. The molecular weight excluding hydrogens is 707 g/mol. The highest BCUT2D eigenvalue weighted by Gasteiger charge is 2.37. The maximum atomic E-state index is 5.27. The number of nitrogens with zero attached hydrogens (tertiary/aromatic N) is 5. The van der Waals surface area contributed by atoms with Gasteiger partial charge in [0.1, 0.15) is 5.82 Å². The zero-order valence-electron chi connectivity index (χ0n) is 33.4. The fourth-order valence-corrected chi connectivity index (χ4v) is 9.65. The summed E-state index contributed by atoms with van der Waals surface area (Å²) in [5.74, 6) is 2.14. The molecule has 5 nitrogen and oxygen atoms in total. The average Bonchev–Trinajstić information content (AvgIpc) is 3.77. The Bertz CT molecular complexity index is 3160. The lowest BCUT2D eigenvalue weighted by atomic mass is 9.63. The van der Waals surface area contributed by atoms with Crippen molar-refractivity contribution in [2.75, 3.05) is 0 Å². The maximum Gasteiger partial charge on any atom is 0.238 e. The number of rotatable bonds is 5. The van der Waals surface area contributed by atoms with Gasteiger partial charge in [0.2, 0.25) is 5.95 Å². The van der Waals surface area contributed by atoms with E-state index in [-0.39, 0.29) is 16.7 Å². The van der Waals surface area contributed by atoms with Crippen LogP contribution in [0.2, 0.25) is 0 Å². The second-order valence-electron chi connectivity index (χ2n) is 17.5. The van der Waals surface area contributed by atoms with Gasteiger partial charge in [0.05, 0.1) is 22.1 Å². The van der Waals surface area contributed by atoms with E-state index in [9.17, 15) is 0 Å². The van der Waals surface area contributed by atoms with Crippen LogP contribution in [0.5, 0.6) is 0 Å². The number of benzene rings is 6. The minimum atomic E-state index is 0.0662. The van der Waals surface area contributed by atoms with Gasteiger partial charge in [-0.25, -0.2) is 4.98 Å². The van der Waals surface area contributed by atoms with Crippen LogP contribution in [0, 0.1) is 0 Å². The molecule has 0 N–H and O–H groups in total. The van der Waals surface area contributed by atoms with Gasteiger partial charge in [-0.1, -0.05) is 149 Å². The molecule has 5 heteroatoms. The van der Waals surface area contributed by atoms with Gasteiger partial charge in [0, 0.05) is 38.7 Å². The molecule has 0 radical (unpaired) electrons. The summed E-state index contributed by atoms with van der Waals surface area (Å²) in [7, 11) is 0. The number of allylic oxidation sites excluding steroid dienone is 4. The van der Waals surface area contributed by atoms with E-state index >= 15 is 0 Å². The van der Waals surface area contributed by atoms with Crippen LogP contribution in [0.3, 0.4) is 0 Å². The molecule has 58 heavy (non-hydrogen) atoms. The van der Waals surface area contributed by atoms with Crippen molar-refractivity contribution in [1.82, 2.24) is 24.1 Å². The van der Waals surface area contributed by atoms with E-state index in [2.05, 4.69) is 176 Å². The normalized spacial score (nSPS) is 17.1. The largest absolute Gasteiger partial charge is 0.309 e. The summed E-state index contributed by atoms with van der Waals surface area (Å²) in [5.41, 5.74) is 12.3. The van der Waals surface area contributed by atoms with Crippen LogP contribution < -0.4 is 0 Å². The van der Waals surface area contributed by atoms with Gasteiger partial charge in [0.15, 0.2) is 5.82 Å². The summed E-state index contributed by atoms with van der Waals surface area (Å²) in [6.45, 7) is 9.61. The molecule has 0 spiro atoms.